The van der Waals surface area contributed by atoms with Gasteiger partial charge in [0.1, 0.15) is 5.75 Å². The number of benzene rings is 1. The summed E-state index contributed by atoms with van der Waals surface area (Å²) in [5.74, 6) is 0.321. The van der Waals surface area contributed by atoms with E-state index in [-0.39, 0.29) is 29.4 Å². The molecule has 2 aliphatic rings. The van der Waals surface area contributed by atoms with E-state index >= 15 is 0 Å². The summed E-state index contributed by atoms with van der Waals surface area (Å²) in [6, 6.07) is 3.80. The monoisotopic (exact) mass is 402 g/mol. The first-order valence-corrected chi connectivity index (χ1v) is 10.7. The first-order chi connectivity index (χ1) is 13.6. The highest BCUT2D eigenvalue weighted by molar-refractivity contribution is 5.98. The van der Waals surface area contributed by atoms with E-state index < -0.39 is 11.5 Å². The standard InChI is InChI=1S/C23H34N2O4/c1-14(2)16-10-18(15(3)4)20(27)19(11-16)21(28)25-8-6-23(7-9-25)12-17(26)13-24(5)22(23)29/h10-11,14-15,17,26-27H,6-9,12-13H2,1-5H3. The molecule has 2 aliphatic heterocycles. The number of piperidine rings is 2. The minimum Gasteiger partial charge on any atom is -0.507 e. The molecule has 6 nitrogen and oxygen atoms in total. The zero-order valence-electron chi connectivity index (χ0n) is 18.2. The lowest BCUT2D eigenvalue weighted by atomic mass is 9.71. The molecular weight excluding hydrogens is 368 g/mol. The highest BCUT2D eigenvalue weighted by Crippen LogP contribution is 2.41. The van der Waals surface area contributed by atoms with Gasteiger partial charge in [0.05, 0.1) is 17.1 Å². The van der Waals surface area contributed by atoms with Gasteiger partial charge in [-0.1, -0.05) is 33.8 Å². The van der Waals surface area contributed by atoms with Crippen molar-refractivity contribution < 1.29 is 19.8 Å². The molecule has 1 unspecified atom stereocenters. The molecule has 1 aromatic rings. The van der Waals surface area contributed by atoms with Crippen molar-refractivity contribution in [1.82, 2.24) is 9.80 Å². The topological polar surface area (TPSA) is 81.1 Å². The molecule has 160 valence electrons. The predicted molar refractivity (Wildman–Crippen MR) is 112 cm³/mol. The molecule has 29 heavy (non-hydrogen) atoms. The molecule has 0 aromatic heterocycles. The van der Waals surface area contributed by atoms with Crippen molar-refractivity contribution in [2.24, 2.45) is 5.41 Å². The Morgan fingerprint density at radius 3 is 2.31 bits per heavy atom. The molecule has 2 N–H and O–H groups in total. The van der Waals surface area contributed by atoms with Gasteiger partial charge in [-0.25, -0.2) is 0 Å². The van der Waals surface area contributed by atoms with Crippen LogP contribution >= 0.6 is 0 Å². The second-order valence-corrected chi connectivity index (χ2v) is 9.43. The summed E-state index contributed by atoms with van der Waals surface area (Å²) in [7, 11) is 1.73. The Labute approximate surface area is 173 Å². The van der Waals surface area contributed by atoms with Gasteiger partial charge in [0.25, 0.3) is 5.91 Å². The van der Waals surface area contributed by atoms with Crippen LogP contribution in [0.2, 0.25) is 0 Å². The summed E-state index contributed by atoms with van der Waals surface area (Å²) in [4.78, 5) is 29.4. The average molecular weight is 403 g/mol. The van der Waals surface area contributed by atoms with Gasteiger partial charge in [-0.05, 0) is 48.3 Å². The molecule has 1 aromatic carbocycles. The second-order valence-electron chi connectivity index (χ2n) is 9.43. The van der Waals surface area contributed by atoms with Crippen molar-refractivity contribution in [3.63, 3.8) is 0 Å². The smallest absolute Gasteiger partial charge is 0.257 e. The fourth-order valence-corrected chi connectivity index (χ4v) is 4.75. The summed E-state index contributed by atoms with van der Waals surface area (Å²) in [5.41, 5.74) is 1.60. The number of amides is 2. The summed E-state index contributed by atoms with van der Waals surface area (Å²) in [6.45, 7) is 9.44. The molecule has 1 atom stereocenters. The maximum atomic E-state index is 13.3. The number of phenolic OH excluding ortho intramolecular Hbond substituents is 1. The largest absolute Gasteiger partial charge is 0.507 e. The van der Waals surface area contributed by atoms with Crippen LogP contribution in [0.5, 0.6) is 5.75 Å². The number of carbonyl (C=O) groups is 2. The first kappa shape index (κ1) is 21.6. The fourth-order valence-electron chi connectivity index (χ4n) is 4.75. The quantitative estimate of drug-likeness (QED) is 0.814. The van der Waals surface area contributed by atoms with Crippen molar-refractivity contribution in [1.29, 1.82) is 0 Å². The lowest BCUT2D eigenvalue weighted by molar-refractivity contribution is -0.154. The molecule has 2 fully saturated rings. The van der Waals surface area contributed by atoms with E-state index in [2.05, 4.69) is 13.8 Å². The summed E-state index contributed by atoms with van der Waals surface area (Å²) in [6.07, 6.45) is 1.03. The van der Waals surface area contributed by atoms with Gasteiger partial charge in [-0.2, -0.15) is 0 Å². The van der Waals surface area contributed by atoms with Crippen LogP contribution in [0.25, 0.3) is 0 Å². The highest BCUT2D eigenvalue weighted by atomic mass is 16.3. The third kappa shape index (κ3) is 4.00. The predicted octanol–water partition coefficient (Wildman–Crippen LogP) is 3.08. The van der Waals surface area contributed by atoms with Crippen LogP contribution in [0.1, 0.15) is 80.3 Å². The third-order valence-electron chi connectivity index (χ3n) is 6.60. The van der Waals surface area contributed by atoms with Crippen LogP contribution in [0, 0.1) is 5.41 Å². The number of likely N-dealkylation sites (tertiary alicyclic amines) is 2. The number of aliphatic hydroxyl groups is 1. The molecule has 2 amide bonds. The maximum Gasteiger partial charge on any atom is 0.257 e. The van der Waals surface area contributed by atoms with E-state index in [1.807, 2.05) is 26.0 Å². The van der Waals surface area contributed by atoms with E-state index in [0.717, 1.165) is 11.1 Å². The van der Waals surface area contributed by atoms with Crippen molar-refractivity contribution in [2.75, 3.05) is 26.7 Å². The fraction of sp³-hybridized carbons (Fsp3) is 0.652. The molecule has 2 heterocycles. The van der Waals surface area contributed by atoms with Gasteiger partial charge in [0, 0.05) is 26.7 Å². The number of aromatic hydroxyl groups is 1. The maximum absolute atomic E-state index is 13.3. The molecule has 6 heteroatoms. The van der Waals surface area contributed by atoms with Crippen LogP contribution < -0.4 is 0 Å². The number of likely N-dealkylation sites (N-methyl/N-ethyl adjacent to an activating group) is 1. The highest BCUT2D eigenvalue weighted by Gasteiger charge is 2.48. The number of phenols is 1. The Kier molecular flexibility index (Phi) is 5.95. The van der Waals surface area contributed by atoms with Gasteiger partial charge in [-0.3, -0.25) is 9.59 Å². The van der Waals surface area contributed by atoms with Crippen LogP contribution in [-0.2, 0) is 4.79 Å². The minimum atomic E-state index is -0.575. The molecule has 0 saturated carbocycles. The van der Waals surface area contributed by atoms with Crippen LogP contribution in [0.4, 0.5) is 0 Å². The Hall–Kier alpha value is -2.08. The number of carbonyl (C=O) groups excluding carboxylic acids is 2. The Morgan fingerprint density at radius 1 is 1.14 bits per heavy atom. The van der Waals surface area contributed by atoms with Crippen LogP contribution in [0.15, 0.2) is 12.1 Å². The van der Waals surface area contributed by atoms with E-state index in [1.165, 1.54) is 0 Å². The van der Waals surface area contributed by atoms with Gasteiger partial charge in [0.15, 0.2) is 0 Å². The summed E-state index contributed by atoms with van der Waals surface area (Å²) < 4.78 is 0. The lowest BCUT2D eigenvalue weighted by Gasteiger charge is -2.47. The number of nitrogens with zero attached hydrogens (tertiary/aromatic N) is 2. The number of rotatable bonds is 3. The molecule has 0 bridgehead atoms. The van der Waals surface area contributed by atoms with E-state index in [0.29, 0.717) is 44.5 Å². The third-order valence-corrected chi connectivity index (χ3v) is 6.60. The molecule has 2 saturated heterocycles. The molecule has 0 aliphatic carbocycles. The molecular formula is C23H34N2O4. The number of hydrogen-bond acceptors (Lipinski definition) is 4. The van der Waals surface area contributed by atoms with Gasteiger partial charge in [-0.15, -0.1) is 0 Å². The van der Waals surface area contributed by atoms with Gasteiger partial charge < -0.3 is 20.0 Å². The average Bonchev–Trinajstić information content (AvgIpc) is 2.66. The summed E-state index contributed by atoms with van der Waals surface area (Å²) >= 11 is 0. The van der Waals surface area contributed by atoms with E-state index in [4.69, 9.17) is 0 Å². The van der Waals surface area contributed by atoms with Crippen LogP contribution in [-0.4, -0.2) is 64.6 Å². The zero-order valence-corrected chi connectivity index (χ0v) is 18.2. The molecule has 0 radical (unpaired) electrons. The van der Waals surface area contributed by atoms with Crippen molar-refractivity contribution in [2.45, 2.75) is 64.9 Å². The Morgan fingerprint density at radius 2 is 1.76 bits per heavy atom. The Balaban J connectivity index is 1.83. The lowest BCUT2D eigenvalue weighted by Crippen LogP contribution is -2.56. The van der Waals surface area contributed by atoms with E-state index in [1.54, 1.807) is 16.8 Å². The zero-order chi connectivity index (χ0) is 21.5. The second kappa shape index (κ2) is 7.98. The van der Waals surface area contributed by atoms with Crippen molar-refractivity contribution in [3.05, 3.63) is 28.8 Å². The SMILES string of the molecule is CC(C)c1cc(C(=O)N2CCC3(CC2)CC(O)CN(C)C3=O)c(O)c(C(C)C)c1. The van der Waals surface area contributed by atoms with Gasteiger partial charge >= 0.3 is 0 Å². The van der Waals surface area contributed by atoms with E-state index in [9.17, 15) is 19.8 Å². The molecule has 3 rings (SSSR count). The number of β-amino-alcohol motifs (C(OH)–C–C–N with tert-alkyl or cyclic N) is 1. The van der Waals surface area contributed by atoms with Gasteiger partial charge in [0.2, 0.25) is 5.91 Å². The van der Waals surface area contributed by atoms with Crippen LogP contribution in [0.3, 0.4) is 0 Å². The molecule has 1 spiro atoms. The normalized spacial score (nSPS) is 22.1. The number of hydrogen-bond donors (Lipinski definition) is 2. The minimum absolute atomic E-state index is 0.0681. The number of aliphatic hydroxyl groups excluding tert-OH is 1. The van der Waals surface area contributed by atoms with Crippen molar-refractivity contribution >= 4 is 11.8 Å². The Bertz CT molecular complexity index is 794. The summed E-state index contributed by atoms with van der Waals surface area (Å²) in [5, 5.41) is 20.9. The van der Waals surface area contributed by atoms with Crippen molar-refractivity contribution in [3.8, 4) is 5.75 Å². The first-order valence-electron chi connectivity index (χ1n) is 10.7.